The number of nitrogens with zero attached hydrogens (tertiary/aromatic N) is 4. The van der Waals surface area contributed by atoms with Gasteiger partial charge in [-0.15, -0.1) is 0 Å². The van der Waals surface area contributed by atoms with Crippen molar-refractivity contribution in [3.63, 3.8) is 0 Å². The highest BCUT2D eigenvalue weighted by molar-refractivity contribution is 5.78. The maximum atomic E-state index is 13.2. The first kappa shape index (κ1) is 15.3. The molecule has 25 heavy (non-hydrogen) atoms. The van der Waals surface area contributed by atoms with Crippen LogP contribution >= 0.6 is 0 Å². The Labute approximate surface area is 142 Å². The SMILES string of the molecule is CCn1cc(-c2cc(=O)n3[nH]cc(-c4ccc(F)cc4)c3n2)c(C)n1. The molecule has 0 atom stereocenters. The summed E-state index contributed by atoms with van der Waals surface area (Å²) in [5.41, 5.74) is 4.02. The maximum absolute atomic E-state index is 13.2. The van der Waals surface area contributed by atoms with E-state index in [2.05, 4.69) is 15.2 Å². The molecule has 4 aromatic rings. The number of hydrogen-bond donors (Lipinski definition) is 1. The highest BCUT2D eigenvalue weighted by Crippen LogP contribution is 2.25. The van der Waals surface area contributed by atoms with Crippen LogP contribution in [0.3, 0.4) is 0 Å². The van der Waals surface area contributed by atoms with Crippen molar-refractivity contribution in [2.45, 2.75) is 20.4 Å². The molecular formula is C18H16FN5O. The zero-order chi connectivity index (χ0) is 17.6. The predicted molar refractivity (Wildman–Crippen MR) is 92.8 cm³/mol. The van der Waals surface area contributed by atoms with Gasteiger partial charge in [-0.2, -0.15) is 5.10 Å². The molecule has 1 aromatic carbocycles. The first-order valence-corrected chi connectivity index (χ1v) is 7.98. The lowest BCUT2D eigenvalue weighted by atomic mass is 10.1. The van der Waals surface area contributed by atoms with Crippen LogP contribution in [0.1, 0.15) is 12.6 Å². The molecule has 3 aromatic heterocycles. The van der Waals surface area contributed by atoms with E-state index in [-0.39, 0.29) is 11.4 Å². The number of rotatable bonds is 3. The zero-order valence-corrected chi connectivity index (χ0v) is 13.8. The van der Waals surface area contributed by atoms with Gasteiger partial charge < -0.3 is 0 Å². The van der Waals surface area contributed by atoms with Crippen LogP contribution in [0, 0.1) is 12.7 Å². The minimum absolute atomic E-state index is 0.211. The number of H-pyrrole nitrogens is 1. The summed E-state index contributed by atoms with van der Waals surface area (Å²) in [5.74, 6) is -0.308. The fraction of sp³-hybridized carbons (Fsp3) is 0.167. The van der Waals surface area contributed by atoms with E-state index in [1.54, 1.807) is 18.3 Å². The molecular weight excluding hydrogens is 321 g/mol. The van der Waals surface area contributed by atoms with Crippen LogP contribution in [0.5, 0.6) is 0 Å². The molecule has 0 amide bonds. The molecule has 7 heteroatoms. The third-order valence-electron chi connectivity index (χ3n) is 4.20. The van der Waals surface area contributed by atoms with E-state index in [0.29, 0.717) is 11.3 Å². The third-order valence-corrected chi connectivity index (χ3v) is 4.20. The molecule has 0 saturated carbocycles. The molecule has 4 rings (SSSR count). The smallest absolute Gasteiger partial charge is 0.273 e. The van der Waals surface area contributed by atoms with Gasteiger partial charge in [-0.3, -0.25) is 14.6 Å². The van der Waals surface area contributed by atoms with Gasteiger partial charge in [-0.05, 0) is 31.5 Å². The van der Waals surface area contributed by atoms with Gasteiger partial charge >= 0.3 is 0 Å². The molecule has 3 heterocycles. The van der Waals surface area contributed by atoms with Crippen LogP contribution < -0.4 is 5.56 Å². The number of benzene rings is 1. The largest absolute Gasteiger partial charge is 0.296 e. The van der Waals surface area contributed by atoms with Crippen LogP contribution in [0.25, 0.3) is 28.0 Å². The Bertz CT molecular complexity index is 1120. The summed E-state index contributed by atoms with van der Waals surface area (Å²) in [6.45, 7) is 4.64. The average Bonchev–Trinajstić information content (AvgIpc) is 3.19. The Kier molecular flexibility index (Phi) is 3.49. The molecule has 0 aliphatic rings. The normalized spacial score (nSPS) is 11.3. The van der Waals surface area contributed by atoms with Gasteiger partial charge in [0, 0.05) is 36.1 Å². The first-order valence-electron chi connectivity index (χ1n) is 7.98. The topological polar surface area (TPSA) is 68.0 Å². The number of aryl methyl sites for hydroxylation is 2. The lowest BCUT2D eigenvalue weighted by molar-refractivity contribution is 0.628. The molecule has 126 valence electrons. The number of fused-ring (bicyclic) bond motifs is 1. The van der Waals surface area contributed by atoms with Crippen LogP contribution in [0.2, 0.25) is 0 Å². The van der Waals surface area contributed by atoms with Gasteiger partial charge in [0.1, 0.15) is 5.82 Å². The quantitative estimate of drug-likeness (QED) is 0.625. The van der Waals surface area contributed by atoms with E-state index in [0.717, 1.165) is 28.9 Å². The molecule has 0 radical (unpaired) electrons. The Morgan fingerprint density at radius 2 is 1.96 bits per heavy atom. The second-order valence-corrected chi connectivity index (χ2v) is 5.82. The number of hydrogen-bond acceptors (Lipinski definition) is 3. The zero-order valence-electron chi connectivity index (χ0n) is 13.8. The van der Waals surface area contributed by atoms with Crippen molar-refractivity contribution in [2.75, 3.05) is 0 Å². The van der Waals surface area contributed by atoms with E-state index in [4.69, 9.17) is 0 Å². The molecule has 0 spiro atoms. The molecule has 0 aliphatic carbocycles. The summed E-state index contributed by atoms with van der Waals surface area (Å²) < 4.78 is 16.4. The molecule has 6 nitrogen and oxygen atoms in total. The number of aromatic nitrogens is 5. The molecule has 0 fully saturated rings. The van der Waals surface area contributed by atoms with Crippen molar-refractivity contribution in [3.05, 3.63) is 64.6 Å². The van der Waals surface area contributed by atoms with Gasteiger partial charge in [-0.1, -0.05) is 12.1 Å². The Hall–Kier alpha value is -3.22. The maximum Gasteiger partial charge on any atom is 0.273 e. The van der Waals surface area contributed by atoms with Gasteiger partial charge in [0.25, 0.3) is 5.56 Å². The highest BCUT2D eigenvalue weighted by atomic mass is 19.1. The van der Waals surface area contributed by atoms with Crippen molar-refractivity contribution >= 4 is 5.65 Å². The summed E-state index contributed by atoms with van der Waals surface area (Å²) in [5, 5.41) is 7.32. The van der Waals surface area contributed by atoms with E-state index >= 15 is 0 Å². The first-order chi connectivity index (χ1) is 12.1. The summed E-state index contributed by atoms with van der Waals surface area (Å²) in [7, 11) is 0. The number of nitrogens with one attached hydrogen (secondary N) is 1. The Morgan fingerprint density at radius 3 is 2.64 bits per heavy atom. The summed E-state index contributed by atoms with van der Waals surface area (Å²) in [6.07, 6.45) is 3.58. The lowest BCUT2D eigenvalue weighted by Gasteiger charge is -2.02. The van der Waals surface area contributed by atoms with Crippen molar-refractivity contribution in [1.82, 2.24) is 24.4 Å². The summed E-state index contributed by atoms with van der Waals surface area (Å²) in [6, 6.07) is 7.59. The average molecular weight is 337 g/mol. The van der Waals surface area contributed by atoms with Gasteiger partial charge in [-0.25, -0.2) is 13.9 Å². The van der Waals surface area contributed by atoms with Crippen LogP contribution in [-0.4, -0.2) is 24.4 Å². The minimum atomic E-state index is -0.308. The second-order valence-electron chi connectivity index (χ2n) is 5.82. The monoisotopic (exact) mass is 337 g/mol. The molecule has 0 saturated heterocycles. The second kappa shape index (κ2) is 5.70. The van der Waals surface area contributed by atoms with Crippen LogP contribution in [0.4, 0.5) is 4.39 Å². The minimum Gasteiger partial charge on any atom is -0.296 e. The van der Waals surface area contributed by atoms with Crippen molar-refractivity contribution < 1.29 is 4.39 Å². The highest BCUT2D eigenvalue weighted by Gasteiger charge is 2.14. The lowest BCUT2D eigenvalue weighted by Crippen LogP contribution is -2.14. The van der Waals surface area contributed by atoms with Crippen LogP contribution in [-0.2, 0) is 6.54 Å². The van der Waals surface area contributed by atoms with Crippen molar-refractivity contribution in [3.8, 4) is 22.4 Å². The molecule has 1 N–H and O–H groups in total. The van der Waals surface area contributed by atoms with Crippen LogP contribution in [0.15, 0.2) is 47.5 Å². The van der Waals surface area contributed by atoms with Gasteiger partial charge in [0.05, 0.1) is 11.4 Å². The van der Waals surface area contributed by atoms with Gasteiger partial charge in [0.2, 0.25) is 0 Å². The van der Waals surface area contributed by atoms with Crippen molar-refractivity contribution in [1.29, 1.82) is 0 Å². The fourth-order valence-electron chi connectivity index (χ4n) is 2.89. The van der Waals surface area contributed by atoms with Crippen molar-refractivity contribution in [2.24, 2.45) is 0 Å². The van der Waals surface area contributed by atoms with E-state index < -0.39 is 0 Å². The molecule has 0 aliphatic heterocycles. The van der Waals surface area contributed by atoms with Gasteiger partial charge in [0.15, 0.2) is 5.65 Å². The Balaban J connectivity index is 1.93. The standard InChI is InChI=1S/C18H16FN5O/c1-3-23-10-15(11(2)22-23)16-8-17(25)24-18(21-16)14(9-20-24)12-4-6-13(19)7-5-12/h4-10,20H,3H2,1-2H3. The number of aromatic amines is 1. The van der Waals surface area contributed by atoms with E-state index in [9.17, 15) is 9.18 Å². The van der Waals surface area contributed by atoms with E-state index in [1.165, 1.54) is 22.7 Å². The predicted octanol–water partition coefficient (Wildman–Crippen LogP) is 3.02. The number of halogens is 1. The summed E-state index contributed by atoms with van der Waals surface area (Å²) >= 11 is 0. The molecule has 0 unspecified atom stereocenters. The van der Waals surface area contributed by atoms with E-state index in [1.807, 2.05) is 24.7 Å². The summed E-state index contributed by atoms with van der Waals surface area (Å²) in [4.78, 5) is 17.1. The third kappa shape index (κ3) is 2.53. The molecule has 0 bridgehead atoms. The fourth-order valence-corrected chi connectivity index (χ4v) is 2.89. The Morgan fingerprint density at radius 1 is 1.20 bits per heavy atom.